The highest BCUT2D eigenvalue weighted by Crippen LogP contribution is 2.18. The molecule has 1 aliphatic heterocycles. The second kappa shape index (κ2) is 6.86. The Bertz CT molecular complexity index is 210. The van der Waals surface area contributed by atoms with Crippen molar-refractivity contribution in [1.29, 1.82) is 0 Å². The molecule has 0 amide bonds. The summed E-state index contributed by atoms with van der Waals surface area (Å²) in [6.07, 6.45) is 3.11. The molecule has 16 heavy (non-hydrogen) atoms. The zero-order chi connectivity index (χ0) is 12.0. The number of carbonyl (C=O) groups excluding carboxylic acids is 1. The van der Waals surface area contributed by atoms with Crippen LogP contribution in [0, 0.1) is 0 Å². The van der Waals surface area contributed by atoms with Gasteiger partial charge < -0.3 is 14.8 Å². The highest BCUT2D eigenvalue weighted by molar-refractivity contribution is 5.69. The third-order valence-electron chi connectivity index (χ3n) is 2.76. The molecule has 2 atom stereocenters. The molecule has 0 radical (unpaired) electrons. The van der Waals surface area contributed by atoms with Crippen LogP contribution in [0.15, 0.2) is 0 Å². The number of hydrogen-bond acceptors (Lipinski definition) is 4. The van der Waals surface area contributed by atoms with Crippen LogP contribution in [0.1, 0.15) is 40.0 Å². The Labute approximate surface area is 97.7 Å². The van der Waals surface area contributed by atoms with Gasteiger partial charge in [0.1, 0.15) is 0 Å². The van der Waals surface area contributed by atoms with E-state index in [4.69, 9.17) is 9.47 Å². The van der Waals surface area contributed by atoms with Crippen molar-refractivity contribution in [2.45, 2.75) is 58.3 Å². The average molecular weight is 229 g/mol. The van der Waals surface area contributed by atoms with Crippen molar-refractivity contribution in [3.63, 3.8) is 0 Å². The lowest BCUT2D eigenvalue weighted by Gasteiger charge is -2.32. The van der Waals surface area contributed by atoms with Crippen LogP contribution in [0.3, 0.4) is 0 Å². The molecule has 0 aromatic carbocycles. The third kappa shape index (κ3) is 4.94. The molecule has 0 bridgehead atoms. The fourth-order valence-corrected chi connectivity index (χ4v) is 2.18. The number of carbonyl (C=O) groups is 1. The smallest absolute Gasteiger partial charge is 0.307 e. The molecule has 94 valence electrons. The van der Waals surface area contributed by atoms with Crippen molar-refractivity contribution in [3.05, 3.63) is 0 Å². The van der Waals surface area contributed by atoms with Crippen molar-refractivity contribution < 1.29 is 14.3 Å². The van der Waals surface area contributed by atoms with E-state index in [-0.39, 0.29) is 5.97 Å². The number of rotatable bonds is 5. The molecule has 0 saturated carbocycles. The van der Waals surface area contributed by atoms with Gasteiger partial charge >= 0.3 is 5.97 Å². The maximum atomic E-state index is 11.1. The van der Waals surface area contributed by atoms with E-state index in [1.807, 2.05) is 6.92 Å². The molecule has 1 fully saturated rings. The van der Waals surface area contributed by atoms with Gasteiger partial charge in [0.05, 0.1) is 25.2 Å². The van der Waals surface area contributed by atoms with E-state index >= 15 is 0 Å². The van der Waals surface area contributed by atoms with E-state index in [2.05, 4.69) is 19.2 Å². The number of ether oxygens (including phenoxy) is 2. The quantitative estimate of drug-likeness (QED) is 0.725. The molecule has 1 aliphatic rings. The predicted octanol–water partition coefficient (Wildman–Crippen LogP) is 1.49. The van der Waals surface area contributed by atoms with E-state index in [0.29, 0.717) is 37.8 Å². The van der Waals surface area contributed by atoms with Crippen molar-refractivity contribution in [2.75, 3.05) is 13.2 Å². The Kier molecular flexibility index (Phi) is 5.77. The molecule has 0 aliphatic carbocycles. The predicted molar refractivity (Wildman–Crippen MR) is 62.3 cm³/mol. The lowest BCUT2D eigenvalue weighted by molar-refractivity contribution is -0.143. The van der Waals surface area contributed by atoms with Crippen molar-refractivity contribution in [3.8, 4) is 0 Å². The topological polar surface area (TPSA) is 47.6 Å². The van der Waals surface area contributed by atoms with Crippen LogP contribution in [-0.2, 0) is 14.3 Å². The Morgan fingerprint density at radius 3 is 2.56 bits per heavy atom. The van der Waals surface area contributed by atoms with Gasteiger partial charge in [-0.05, 0) is 33.6 Å². The zero-order valence-electron chi connectivity index (χ0n) is 10.5. The molecular weight excluding hydrogens is 206 g/mol. The minimum absolute atomic E-state index is 0.122. The lowest BCUT2D eigenvalue weighted by Crippen LogP contribution is -2.42. The monoisotopic (exact) mass is 229 g/mol. The molecule has 0 aromatic heterocycles. The largest absolute Gasteiger partial charge is 0.466 e. The Morgan fingerprint density at radius 1 is 1.38 bits per heavy atom. The summed E-state index contributed by atoms with van der Waals surface area (Å²) in [6, 6.07) is 0.466. The lowest BCUT2D eigenvalue weighted by atomic mass is 10.00. The summed E-state index contributed by atoms with van der Waals surface area (Å²) in [5, 5.41) is 3.39. The average Bonchev–Trinajstić information content (AvgIpc) is 2.16. The maximum absolute atomic E-state index is 11.1. The van der Waals surface area contributed by atoms with Crippen LogP contribution in [0.5, 0.6) is 0 Å². The Hall–Kier alpha value is -0.610. The van der Waals surface area contributed by atoms with Gasteiger partial charge in [-0.3, -0.25) is 4.79 Å². The van der Waals surface area contributed by atoms with Crippen molar-refractivity contribution in [1.82, 2.24) is 5.32 Å². The van der Waals surface area contributed by atoms with Crippen molar-refractivity contribution in [2.24, 2.45) is 0 Å². The summed E-state index contributed by atoms with van der Waals surface area (Å²) in [7, 11) is 0. The molecule has 1 rings (SSSR count). The van der Waals surface area contributed by atoms with E-state index in [9.17, 15) is 4.79 Å². The molecule has 0 spiro atoms. The Balaban J connectivity index is 2.14. The SMILES string of the molecule is CCOC(=O)CCNC1CC(C)OC(C)C1. The number of esters is 1. The first-order valence-corrected chi connectivity index (χ1v) is 6.16. The summed E-state index contributed by atoms with van der Waals surface area (Å²) < 4.78 is 10.5. The van der Waals surface area contributed by atoms with Crippen LogP contribution < -0.4 is 5.32 Å². The fraction of sp³-hybridized carbons (Fsp3) is 0.917. The first kappa shape index (κ1) is 13.5. The van der Waals surface area contributed by atoms with E-state index in [1.54, 1.807) is 0 Å². The standard InChI is InChI=1S/C12H23NO3/c1-4-15-12(14)5-6-13-11-7-9(2)16-10(3)8-11/h9-11,13H,4-8H2,1-3H3. The first-order chi connectivity index (χ1) is 7.61. The molecule has 2 unspecified atom stereocenters. The highest BCUT2D eigenvalue weighted by atomic mass is 16.5. The normalized spacial score (nSPS) is 30.1. The summed E-state index contributed by atoms with van der Waals surface area (Å²) in [4.78, 5) is 11.1. The van der Waals surface area contributed by atoms with E-state index in [1.165, 1.54) is 0 Å². The van der Waals surface area contributed by atoms with Gasteiger partial charge in [0.15, 0.2) is 0 Å². The summed E-state index contributed by atoms with van der Waals surface area (Å²) in [5.74, 6) is -0.122. The fourth-order valence-electron chi connectivity index (χ4n) is 2.18. The second-order valence-corrected chi connectivity index (χ2v) is 4.43. The third-order valence-corrected chi connectivity index (χ3v) is 2.76. The van der Waals surface area contributed by atoms with Crippen LogP contribution in [0.4, 0.5) is 0 Å². The molecule has 1 heterocycles. The summed E-state index contributed by atoms with van der Waals surface area (Å²) in [5.41, 5.74) is 0. The van der Waals surface area contributed by atoms with Gasteiger partial charge in [0.2, 0.25) is 0 Å². The maximum Gasteiger partial charge on any atom is 0.307 e. The number of nitrogens with one attached hydrogen (secondary N) is 1. The minimum atomic E-state index is -0.122. The zero-order valence-corrected chi connectivity index (χ0v) is 10.5. The van der Waals surface area contributed by atoms with Gasteiger partial charge in [-0.2, -0.15) is 0 Å². The van der Waals surface area contributed by atoms with Gasteiger partial charge in [0, 0.05) is 12.6 Å². The van der Waals surface area contributed by atoms with Crippen LogP contribution in [0.2, 0.25) is 0 Å². The van der Waals surface area contributed by atoms with Gasteiger partial charge in [-0.25, -0.2) is 0 Å². The molecular formula is C12H23NO3. The molecule has 4 nitrogen and oxygen atoms in total. The minimum Gasteiger partial charge on any atom is -0.466 e. The molecule has 1 N–H and O–H groups in total. The number of hydrogen-bond donors (Lipinski definition) is 1. The van der Waals surface area contributed by atoms with Crippen LogP contribution in [0.25, 0.3) is 0 Å². The van der Waals surface area contributed by atoms with Crippen molar-refractivity contribution >= 4 is 5.97 Å². The van der Waals surface area contributed by atoms with Gasteiger partial charge in [0.25, 0.3) is 0 Å². The molecule has 4 heteroatoms. The van der Waals surface area contributed by atoms with Crippen LogP contribution in [-0.4, -0.2) is 37.4 Å². The summed E-state index contributed by atoms with van der Waals surface area (Å²) >= 11 is 0. The molecule has 1 saturated heterocycles. The highest BCUT2D eigenvalue weighted by Gasteiger charge is 2.23. The van der Waals surface area contributed by atoms with Crippen LogP contribution >= 0.6 is 0 Å². The van der Waals surface area contributed by atoms with E-state index < -0.39 is 0 Å². The summed E-state index contributed by atoms with van der Waals surface area (Å²) in [6.45, 7) is 7.17. The first-order valence-electron chi connectivity index (χ1n) is 6.16. The van der Waals surface area contributed by atoms with Gasteiger partial charge in [-0.15, -0.1) is 0 Å². The second-order valence-electron chi connectivity index (χ2n) is 4.43. The van der Waals surface area contributed by atoms with E-state index in [0.717, 1.165) is 12.8 Å². The van der Waals surface area contributed by atoms with Gasteiger partial charge in [-0.1, -0.05) is 0 Å². The molecule has 0 aromatic rings. The Morgan fingerprint density at radius 2 is 2.00 bits per heavy atom.